The molecule has 0 aromatic carbocycles. The van der Waals surface area contributed by atoms with E-state index in [1.807, 2.05) is 18.2 Å². The second-order valence-corrected chi connectivity index (χ2v) is 6.70. The Bertz CT molecular complexity index is 350. The number of unbranched alkanes of at least 4 members (excludes halogenated alkanes) is 7. The number of hydrogen-bond acceptors (Lipinski definition) is 2. The Morgan fingerprint density at radius 2 is 1.57 bits per heavy atom. The van der Waals surface area contributed by atoms with Crippen molar-refractivity contribution in [2.75, 3.05) is 0 Å². The van der Waals surface area contributed by atoms with Gasteiger partial charge in [0.2, 0.25) is 0 Å². The number of nitrogens with zero attached hydrogens (tertiary/aromatic N) is 1. The molecule has 0 aliphatic heterocycles. The molecule has 1 heterocycles. The van der Waals surface area contributed by atoms with Gasteiger partial charge >= 0.3 is 0 Å². The molecular formula is C21H35NO. The van der Waals surface area contributed by atoms with Crippen LogP contribution >= 0.6 is 0 Å². The number of rotatable bonds is 9. The molecule has 1 aliphatic carbocycles. The topological polar surface area (TPSA) is 30.0 Å². The van der Waals surface area contributed by atoms with Crippen molar-refractivity contribution in [2.24, 2.45) is 5.92 Å². The minimum absolute atomic E-state index is 0.434. The molecule has 0 radical (unpaired) electrons. The summed E-state index contributed by atoms with van der Waals surface area (Å²) < 4.78 is 0. The average Bonchev–Trinajstić information content (AvgIpc) is 2.61. The molecule has 23 heavy (non-hydrogen) atoms. The Morgan fingerprint density at radius 1 is 0.913 bits per heavy atom. The Labute approximate surface area is 143 Å². The molecule has 1 aromatic rings. The predicted molar refractivity (Wildman–Crippen MR) is 98.4 cm³/mol. The molecule has 0 amide bonds. The Balaban J connectivity index is 0.000000366. The third kappa shape index (κ3) is 11.1. The van der Waals surface area contributed by atoms with E-state index in [4.69, 9.17) is 0 Å². The molecule has 1 aliphatic rings. The quantitative estimate of drug-likeness (QED) is 0.496. The first-order chi connectivity index (χ1) is 11.3. The van der Waals surface area contributed by atoms with Crippen molar-refractivity contribution in [3.63, 3.8) is 0 Å². The average molecular weight is 318 g/mol. The summed E-state index contributed by atoms with van der Waals surface area (Å²) in [6, 6.07) is 5.72. The number of pyridine rings is 1. The first-order valence-corrected chi connectivity index (χ1v) is 9.72. The lowest BCUT2D eigenvalue weighted by atomic mass is 9.84. The number of carbonyl (C=O) groups excluding carboxylic acids is 1. The van der Waals surface area contributed by atoms with Crippen LogP contribution in [0.5, 0.6) is 0 Å². The second kappa shape index (κ2) is 14.4. The highest BCUT2D eigenvalue weighted by Crippen LogP contribution is 2.25. The van der Waals surface area contributed by atoms with Crippen molar-refractivity contribution < 1.29 is 4.79 Å². The predicted octanol–water partition coefficient (Wildman–Crippen LogP) is 6.36. The van der Waals surface area contributed by atoms with Gasteiger partial charge in [-0.3, -0.25) is 9.78 Å². The lowest BCUT2D eigenvalue weighted by molar-refractivity contribution is -0.124. The molecule has 0 N–H and O–H groups in total. The Kier molecular flexibility index (Phi) is 12.5. The van der Waals surface area contributed by atoms with E-state index >= 15 is 0 Å². The zero-order valence-corrected chi connectivity index (χ0v) is 15.0. The van der Waals surface area contributed by atoms with Gasteiger partial charge in [0.1, 0.15) is 5.78 Å². The molecule has 1 aromatic heterocycles. The highest BCUT2D eigenvalue weighted by atomic mass is 16.1. The number of carbonyl (C=O) groups is 1. The first-order valence-electron chi connectivity index (χ1n) is 9.72. The van der Waals surface area contributed by atoms with Crippen molar-refractivity contribution >= 4 is 5.78 Å². The van der Waals surface area contributed by atoms with Gasteiger partial charge in [0.25, 0.3) is 0 Å². The van der Waals surface area contributed by atoms with Crippen LogP contribution in [0.1, 0.15) is 90.4 Å². The zero-order valence-electron chi connectivity index (χ0n) is 15.0. The lowest BCUT2D eigenvalue weighted by Gasteiger charge is -2.20. The van der Waals surface area contributed by atoms with Crippen molar-refractivity contribution in [2.45, 2.75) is 90.4 Å². The minimum Gasteiger partial charge on any atom is -0.299 e. The molecular weight excluding hydrogens is 282 g/mol. The molecule has 1 atom stereocenters. The second-order valence-electron chi connectivity index (χ2n) is 6.70. The monoisotopic (exact) mass is 317 g/mol. The molecule has 130 valence electrons. The standard InChI is InChI=1S/C16H30O.C5H5N/c1-2-3-4-5-6-7-8-9-12-15-13-10-11-14-16(15)17;1-2-4-6-5-3-1/h15H,2-14H2,1H3;1-5H. The van der Waals surface area contributed by atoms with Crippen LogP contribution in [-0.2, 0) is 4.79 Å². The molecule has 2 heteroatoms. The smallest absolute Gasteiger partial charge is 0.135 e. The molecule has 2 nitrogen and oxygen atoms in total. The van der Waals surface area contributed by atoms with Crippen LogP contribution < -0.4 is 0 Å². The summed E-state index contributed by atoms with van der Waals surface area (Å²) in [5.74, 6) is 0.989. The van der Waals surface area contributed by atoms with Crippen LogP contribution in [0.4, 0.5) is 0 Å². The molecule has 1 fully saturated rings. The number of hydrogen-bond donors (Lipinski definition) is 0. The van der Waals surface area contributed by atoms with Gasteiger partial charge in [-0.05, 0) is 31.4 Å². The SMILES string of the molecule is CCCCCCCCCCC1CCCCC1=O.c1ccncc1. The summed E-state index contributed by atoms with van der Waals surface area (Å²) in [7, 11) is 0. The van der Waals surface area contributed by atoms with Gasteiger partial charge in [-0.1, -0.05) is 70.8 Å². The molecule has 0 spiro atoms. The van der Waals surface area contributed by atoms with E-state index < -0.39 is 0 Å². The normalized spacial score (nSPS) is 17.4. The summed E-state index contributed by atoms with van der Waals surface area (Å²) in [4.78, 5) is 15.4. The van der Waals surface area contributed by atoms with Crippen molar-refractivity contribution in [1.82, 2.24) is 4.98 Å². The maximum atomic E-state index is 11.6. The molecule has 1 unspecified atom stereocenters. The van der Waals surface area contributed by atoms with Crippen LogP contribution in [-0.4, -0.2) is 10.8 Å². The van der Waals surface area contributed by atoms with E-state index in [9.17, 15) is 4.79 Å². The fraction of sp³-hybridized carbons (Fsp3) is 0.714. The summed E-state index contributed by atoms with van der Waals surface area (Å²) in [5.41, 5.74) is 0. The molecule has 0 bridgehead atoms. The van der Waals surface area contributed by atoms with Crippen LogP contribution in [0.25, 0.3) is 0 Å². The number of aromatic nitrogens is 1. The summed E-state index contributed by atoms with van der Waals surface area (Å²) in [6.07, 6.45) is 20.1. The van der Waals surface area contributed by atoms with Crippen molar-refractivity contribution in [3.8, 4) is 0 Å². The number of ketones is 1. The Hall–Kier alpha value is -1.18. The van der Waals surface area contributed by atoms with Crippen LogP contribution in [0.2, 0.25) is 0 Å². The van der Waals surface area contributed by atoms with E-state index in [0.717, 1.165) is 12.8 Å². The molecule has 2 rings (SSSR count). The van der Waals surface area contributed by atoms with Gasteiger partial charge in [-0.25, -0.2) is 0 Å². The largest absolute Gasteiger partial charge is 0.299 e. The fourth-order valence-corrected chi connectivity index (χ4v) is 3.20. The summed E-state index contributed by atoms with van der Waals surface area (Å²) in [6.45, 7) is 2.27. The Morgan fingerprint density at radius 3 is 2.09 bits per heavy atom. The minimum atomic E-state index is 0.434. The summed E-state index contributed by atoms with van der Waals surface area (Å²) >= 11 is 0. The van der Waals surface area contributed by atoms with E-state index in [-0.39, 0.29) is 0 Å². The zero-order chi connectivity index (χ0) is 16.6. The van der Waals surface area contributed by atoms with E-state index in [0.29, 0.717) is 11.7 Å². The van der Waals surface area contributed by atoms with Gasteiger partial charge in [0.15, 0.2) is 0 Å². The van der Waals surface area contributed by atoms with Crippen LogP contribution in [0.15, 0.2) is 30.6 Å². The van der Waals surface area contributed by atoms with E-state index in [1.54, 1.807) is 12.4 Å². The summed E-state index contributed by atoms with van der Waals surface area (Å²) in [5, 5.41) is 0. The van der Waals surface area contributed by atoms with Gasteiger partial charge < -0.3 is 0 Å². The highest BCUT2D eigenvalue weighted by molar-refractivity contribution is 5.81. The van der Waals surface area contributed by atoms with Crippen molar-refractivity contribution in [1.29, 1.82) is 0 Å². The fourth-order valence-electron chi connectivity index (χ4n) is 3.20. The maximum absolute atomic E-state index is 11.6. The first kappa shape index (κ1) is 19.9. The van der Waals surface area contributed by atoms with Gasteiger partial charge in [-0.15, -0.1) is 0 Å². The molecule has 0 saturated heterocycles. The van der Waals surface area contributed by atoms with Gasteiger partial charge in [0, 0.05) is 24.7 Å². The van der Waals surface area contributed by atoms with Gasteiger partial charge in [-0.2, -0.15) is 0 Å². The highest BCUT2D eigenvalue weighted by Gasteiger charge is 2.20. The lowest BCUT2D eigenvalue weighted by Crippen LogP contribution is -2.18. The van der Waals surface area contributed by atoms with Crippen molar-refractivity contribution in [3.05, 3.63) is 30.6 Å². The molecule has 1 saturated carbocycles. The third-order valence-corrected chi connectivity index (χ3v) is 4.65. The third-order valence-electron chi connectivity index (χ3n) is 4.65. The maximum Gasteiger partial charge on any atom is 0.135 e. The van der Waals surface area contributed by atoms with E-state index in [2.05, 4.69) is 11.9 Å². The number of Topliss-reactive ketones (excluding diaryl/α,β-unsaturated/α-hetero) is 1. The van der Waals surface area contributed by atoms with Crippen LogP contribution in [0, 0.1) is 5.92 Å². The van der Waals surface area contributed by atoms with Crippen LogP contribution in [0.3, 0.4) is 0 Å². The van der Waals surface area contributed by atoms with E-state index in [1.165, 1.54) is 70.6 Å². The van der Waals surface area contributed by atoms with Gasteiger partial charge in [0.05, 0.1) is 0 Å².